The molecular formula is C19H17ClF4N4O3V. The summed E-state index contributed by atoms with van der Waals surface area (Å²) in [6.07, 6.45) is -2.71. The second kappa shape index (κ2) is 9.64. The fourth-order valence-electron chi connectivity index (χ4n) is 3.27. The Labute approximate surface area is 196 Å². The summed E-state index contributed by atoms with van der Waals surface area (Å²) in [6.45, 7) is 2.42. The van der Waals surface area contributed by atoms with Gasteiger partial charge in [0, 0.05) is 36.4 Å². The van der Waals surface area contributed by atoms with Crippen LogP contribution in [-0.4, -0.2) is 39.4 Å². The first-order valence-electron chi connectivity index (χ1n) is 9.18. The average molecular weight is 512 g/mol. The summed E-state index contributed by atoms with van der Waals surface area (Å²) in [5.74, 6) is -4.17. The van der Waals surface area contributed by atoms with E-state index in [1.807, 2.05) is 0 Å². The van der Waals surface area contributed by atoms with Crippen molar-refractivity contribution in [1.82, 2.24) is 14.9 Å². The third-order valence-corrected chi connectivity index (χ3v) is 5.23. The summed E-state index contributed by atoms with van der Waals surface area (Å²) in [7, 11) is 0. The molecule has 0 unspecified atom stereocenters. The van der Waals surface area contributed by atoms with E-state index in [4.69, 9.17) is 11.6 Å². The van der Waals surface area contributed by atoms with Gasteiger partial charge >= 0.3 is 6.18 Å². The Balaban J connectivity index is 0.00000363. The zero-order chi connectivity index (χ0) is 23.1. The number of halogens is 5. The Morgan fingerprint density at radius 3 is 2.53 bits per heavy atom. The predicted molar refractivity (Wildman–Crippen MR) is 103 cm³/mol. The van der Waals surface area contributed by atoms with Crippen LogP contribution in [0.1, 0.15) is 45.4 Å². The molecule has 2 amide bonds. The molecule has 0 bridgehead atoms. The number of nitrogens with zero attached hydrogens (tertiary/aromatic N) is 2. The first kappa shape index (κ1) is 25.9. The van der Waals surface area contributed by atoms with Gasteiger partial charge in [-0.2, -0.15) is 17.6 Å². The average Bonchev–Trinajstić information content (AvgIpc) is 3.22. The smallest absolute Gasteiger partial charge is 0.340 e. The van der Waals surface area contributed by atoms with E-state index in [0.717, 1.165) is 6.20 Å². The van der Waals surface area contributed by atoms with Crippen molar-refractivity contribution < 1.29 is 50.5 Å². The number of aryl methyl sites for hydroxylation is 1. The van der Waals surface area contributed by atoms with Crippen LogP contribution < -0.4 is 10.6 Å². The number of alkyl halides is 3. The van der Waals surface area contributed by atoms with Crippen LogP contribution >= 0.6 is 11.6 Å². The number of carbonyl (C=O) groups is 3. The predicted octanol–water partition coefficient (Wildman–Crippen LogP) is 3.43. The van der Waals surface area contributed by atoms with Gasteiger partial charge in [0.1, 0.15) is 11.7 Å². The molecule has 13 heteroatoms. The minimum Gasteiger partial charge on any atom is -0.340 e. The van der Waals surface area contributed by atoms with Crippen molar-refractivity contribution in [1.29, 1.82) is 0 Å². The van der Waals surface area contributed by atoms with E-state index in [1.54, 1.807) is 5.32 Å². The largest absolute Gasteiger partial charge is 0.408 e. The van der Waals surface area contributed by atoms with Crippen LogP contribution in [0, 0.1) is 12.9 Å². The van der Waals surface area contributed by atoms with Gasteiger partial charge in [0.05, 0.1) is 22.5 Å². The van der Waals surface area contributed by atoms with Crippen LogP contribution in [0.5, 0.6) is 0 Å². The molecule has 0 spiro atoms. The molecule has 1 radical (unpaired) electrons. The molecule has 171 valence electrons. The van der Waals surface area contributed by atoms with Crippen molar-refractivity contribution in [3.8, 4) is 0 Å². The molecule has 0 aliphatic carbocycles. The number of nitrogens with one attached hydrogen (secondary N) is 2. The Hall–Kier alpha value is -2.37. The summed E-state index contributed by atoms with van der Waals surface area (Å²) in [5.41, 5.74) is 0.343. The van der Waals surface area contributed by atoms with Gasteiger partial charge < -0.3 is 15.2 Å². The van der Waals surface area contributed by atoms with E-state index >= 15 is 0 Å². The second-order valence-corrected chi connectivity index (χ2v) is 7.47. The summed E-state index contributed by atoms with van der Waals surface area (Å²) in [6, 6.07) is -0.893. The number of fused-ring (bicyclic) bond motifs is 1. The molecule has 0 fully saturated rings. The second-order valence-electron chi connectivity index (χ2n) is 7.09. The zero-order valence-corrected chi connectivity index (χ0v) is 19.0. The minimum atomic E-state index is -4.73. The number of Topliss-reactive ketones (excluding diaryl/α,β-unsaturated/α-hetero) is 1. The molecule has 32 heavy (non-hydrogen) atoms. The normalized spacial score (nSPS) is 13.7. The molecule has 0 aromatic carbocycles. The van der Waals surface area contributed by atoms with Gasteiger partial charge in [-0.25, -0.2) is 4.98 Å². The molecule has 2 aromatic heterocycles. The maximum Gasteiger partial charge on any atom is 0.408 e. The fourth-order valence-corrected chi connectivity index (χ4v) is 3.65. The number of hydrogen-bond donors (Lipinski definition) is 2. The molecule has 2 N–H and O–H groups in total. The maximum atomic E-state index is 13.3. The topological polar surface area (TPSA) is 93.1 Å². The van der Waals surface area contributed by atoms with Crippen molar-refractivity contribution in [2.24, 2.45) is 0 Å². The van der Waals surface area contributed by atoms with Crippen LogP contribution in [0.3, 0.4) is 0 Å². The SMILES string of the molecule is Cc1cc(NC(=O)c2c(Cl)c(C(=O)C(=O)N[C@H](C)C(F)(F)F)n3c2CCC3)cnc1F.[V]. The third kappa shape index (κ3) is 5.00. The Kier molecular flexibility index (Phi) is 7.80. The zero-order valence-electron chi connectivity index (χ0n) is 16.8. The van der Waals surface area contributed by atoms with Crippen molar-refractivity contribution in [3.05, 3.63) is 45.7 Å². The Bertz CT molecular complexity index is 1090. The molecular weight excluding hydrogens is 495 g/mol. The van der Waals surface area contributed by atoms with Gasteiger partial charge in [-0.1, -0.05) is 11.6 Å². The van der Waals surface area contributed by atoms with E-state index in [9.17, 15) is 31.9 Å². The molecule has 2 aromatic rings. The standard InChI is InChI=1S/C19H17ClF4N4O3.V/c1-8-6-10(7-25-16(8)21)27-17(30)12-11-4-3-5-28(11)14(13(12)20)15(29)18(31)26-9(2)19(22,23)24;/h6-7,9H,3-5H2,1-2H3,(H,26,31)(H,27,30);/t9-;/m1./s1. The van der Waals surface area contributed by atoms with Crippen LogP contribution in [0.25, 0.3) is 0 Å². The van der Waals surface area contributed by atoms with Gasteiger partial charge in [-0.15, -0.1) is 0 Å². The van der Waals surface area contributed by atoms with Gasteiger partial charge in [0.2, 0.25) is 5.95 Å². The Morgan fingerprint density at radius 2 is 1.94 bits per heavy atom. The van der Waals surface area contributed by atoms with Gasteiger partial charge in [0.15, 0.2) is 0 Å². The maximum absolute atomic E-state index is 13.3. The molecule has 7 nitrogen and oxygen atoms in total. The molecule has 0 saturated heterocycles. The number of aromatic nitrogens is 2. The van der Waals surface area contributed by atoms with Crippen LogP contribution in [0.4, 0.5) is 23.2 Å². The number of carbonyl (C=O) groups excluding carboxylic acids is 3. The minimum absolute atomic E-state index is 0. The number of hydrogen-bond acceptors (Lipinski definition) is 4. The number of anilines is 1. The number of rotatable bonds is 5. The summed E-state index contributed by atoms with van der Waals surface area (Å²) in [4.78, 5) is 41.0. The van der Waals surface area contributed by atoms with Crippen molar-refractivity contribution in [2.45, 2.75) is 45.5 Å². The molecule has 1 aliphatic rings. The third-order valence-electron chi connectivity index (χ3n) is 4.87. The quantitative estimate of drug-likeness (QED) is 0.278. The molecule has 1 atom stereocenters. The number of ketones is 1. The van der Waals surface area contributed by atoms with Gasteiger partial charge in [0.25, 0.3) is 17.6 Å². The molecule has 0 saturated carbocycles. The Morgan fingerprint density at radius 1 is 1.28 bits per heavy atom. The number of amides is 2. The van der Waals surface area contributed by atoms with E-state index in [2.05, 4.69) is 10.3 Å². The van der Waals surface area contributed by atoms with Gasteiger partial charge in [-0.3, -0.25) is 14.4 Å². The van der Waals surface area contributed by atoms with E-state index in [-0.39, 0.29) is 52.6 Å². The number of pyridine rings is 1. The molecule has 3 heterocycles. The van der Waals surface area contributed by atoms with Crippen LogP contribution in [-0.2, 0) is 36.3 Å². The summed E-state index contributed by atoms with van der Waals surface area (Å²) in [5, 5.41) is 3.77. The first-order valence-corrected chi connectivity index (χ1v) is 9.55. The summed E-state index contributed by atoms with van der Waals surface area (Å²) >= 11 is 6.25. The van der Waals surface area contributed by atoms with E-state index < -0.39 is 35.8 Å². The van der Waals surface area contributed by atoms with Crippen molar-refractivity contribution in [3.63, 3.8) is 0 Å². The van der Waals surface area contributed by atoms with Crippen molar-refractivity contribution in [2.75, 3.05) is 5.32 Å². The first-order chi connectivity index (χ1) is 14.4. The molecule has 3 rings (SSSR count). The van der Waals surface area contributed by atoms with Crippen LogP contribution in [0.15, 0.2) is 12.3 Å². The van der Waals surface area contributed by atoms with E-state index in [1.165, 1.54) is 17.6 Å². The summed E-state index contributed by atoms with van der Waals surface area (Å²) < 4.78 is 52.8. The van der Waals surface area contributed by atoms with E-state index in [0.29, 0.717) is 25.5 Å². The monoisotopic (exact) mass is 511 g/mol. The van der Waals surface area contributed by atoms with Gasteiger partial charge in [-0.05, 0) is 32.8 Å². The molecule has 1 aliphatic heterocycles. The van der Waals surface area contributed by atoms with Crippen LogP contribution in [0.2, 0.25) is 5.02 Å². The fraction of sp³-hybridized carbons (Fsp3) is 0.368. The van der Waals surface area contributed by atoms with Crippen molar-refractivity contribution >= 4 is 34.9 Å².